The van der Waals surface area contributed by atoms with Gasteiger partial charge in [0.05, 0.1) is 5.52 Å². The molecule has 0 saturated heterocycles. The van der Waals surface area contributed by atoms with Gasteiger partial charge in [-0.2, -0.15) is 0 Å². The van der Waals surface area contributed by atoms with Crippen LogP contribution >= 0.6 is 11.6 Å². The predicted molar refractivity (Wildman–Crippen MR) is 87.2 cm³/mol. The first-order valence-electron chi connectivity index (χ1n) is 6.90. The van der Waals surface area contributed by atoms with Gasteiger partial charge >= 0.3 is 0 Å². The number of halogens is 1. The molecule has 0 unspecified atom stereocenters. The largest absolute Gasteiger partial charge is 0.342 e. The maximum absolute atomic E-state index is 11.9. The Kier molecular flexibility index (Phi) is 3.56. The van der Waals surface area contributed by atoms with Crippen molar-refractivity contribution in [1.29, 1.82) is 0 Å². The van der Waals surface area contributed by atoms with Crippen LogP contribution in [-0.2, 0) is 6.54 Å². The van der Waals surface area contributed by atoms with Crippen molar-refractivity contribution in [2.24, 2.45) is 0 Å². The molecule has 1 aromatic heterocycles. The van der Waals surface area contributed by atoms with Crippen LogP contribution in [0.2, 0.25) is 5.02 Å². The van der Waals surface area contributed by atoms with Crippen LogP contribution in [0.4, 0.5) is 0 Å². The summed E-state index contributed by atoms with van der Waals surface area (Å²) in [5.41, 5.74) is 4.07. The second-order valence-electron chi connectivity index (χ2n) is 5.29. The highest BCUT2D eigenvalue weighted by Crippen LogP contribution is 2.27. The molecule has 3 heteroatoms. The van der Waals surface area contributed by atoms with E-state index in [9.17, 15) is 4.79 Å². The SMILES string of the molecule is CC(=O)c1cn(Cc2ccccc2Cl)c2c(C)cccc12. The molecule has 106 valence electrons. The molecule has 0 radical (unpaired) electrons. The van der Waals surface area contributed by atoms with E-state index in [0.29, 0.717) is 6.54 Å². The second-order valence-corrected chi connectivity index (χ2v) is 5.70. The highest BCUT2D eigenvalue weighted by molar-refractivity contribution is 6.31. The summed E-state index contributed by atoms with van der Waals surface area (Å²) in [5, 5.41) is 1.76. The molecule has 0 aliphatic carbocycles. The molecule has 0 atom stereocenters. The molecule has 1 heterocycles. The number of aryl methyl sites for hydroxylation is 1. The number of rotatable bonds is 3. The smallest absolute Gasteiger partial charge is 0.161 e. The number of fused-ring (bicyclic) bond motifs is 1. The van der Waals surface area contributed by atoms with Crippen molar-refractivity contribution < 1.29 is 4.79 Å². The van der Waals surface area contributed by atoms with Gasteiger partial charge in [0.1, 0.15) is 0 Å². The number of carbonyl (C=O) groups excluding carboxylic acids is 1. The van der Waals surface area contributed by atoms with Gasteiger partial charge in [-0.25, -0.2) is 0 Å². The average Bonchev–Trinajstić information content (AvgIpc) is 2.82. The number of para-hydroxylation sites is 1. The maximum Gasteiger partial charge on any atom is 0.161 e. The first-order chi connectivity index (χ1) is 10.1. The van der Waals surface area contributed by atoms with Crippen molar-refractivity contribution in [3.8, 4) is 0 Å². The summed E-state index contributed by atoms with van der Waals surface area (Å²) in [6.45, 7) is 4.33. The van der Waals surface area contributed by atoms with E-state index in [1.54, 1.807) is 6.92 Å². The summed E-state index contributed by atoms with van der Waals surface area (Å²) in [5.74, 6) is 0.0866. The third-order valence-electron chi connectivity index (χ3n) is 3.78. The van der Waals surface area contributed by atoms with Crippen LogP contribution in [0.3, 0.4) is 0 Å². The Bertz CT molecular complexity index is 832. The molecule has 0 aliphatic rings. The third kappa shape index (κ3) is 2.47. The minimum Gasteiger partial charge on any atom is -0.342 e. The van der Waals surface area contributed by atoms with E-state index in [1.165, 1.54) is 0 Å². The molecule has 0 fully saturated rings. The Hall–Kier alpha value is -2.06. The summed E-state index contributed by atoms with van der Waals surface area (Å²) in [6, 6.07) is 13.9. The van der Waals surface area contributed by atoms with Gasteiger partial charge in [-0.3, -0.25) is 4.79 Å². The summed E-state index contributed by atoms with van der Waals surface area (Å²) >= 11 is 6.25. The molecule has 0 amide bonds. The monoisotopic (exact) mass is 297 g/mol. The lowest BCUT2D eigenvalue weighted by Crippen LogP contribution is -1.99. The van der Waals surface area contributed by atoms with E-state index in [0.717, 1.165) is 32.6 Å². The van der Waals surface area contributed by atoms with Crippen LogP contribution < -0.4 is 0 Å². The van der Waals surface area contributed by atoms with Crippen LogP contribution in [0.15, 0.2) is 48.7 Å². The Morgan fingerprint density at radius 3 is 2.62 bits per heavy atom. The van der Waals surface area contributed by atoms with Crippen molar-refractivity contribution in [3.05, 3.63) is 70.4 Å². The van der Waals surface area contributed by atoms with E-state index in [-0.39, 0.29) is 5.78 Å². The normalized spacial score (nSPS) is 11.0. The quantitative estimate of drug-likeness (QED) is 0.633. The molecule has 0 N–H and O–H groups in total. The van der Waals surface area contributed by atoms with E-state index < -0.39 is 0 Å². The molecular weight excluding hydrogens is 282 g/mol. The Morgan fingerprint density at radius 1 is 1.14 bits per heavy atom. The van der Waals surface area contributed by atoms with Gasteiger partial charge in [0, 0.05) is 28.7 Å². The van der Waals surface area contributed by atoms with Gasteiger partial charge in [-0.15, -0.1) is 0 Å². The maximum atomic E-state index is 11.9. The molecule has 0 bridgehead atoms. The summed E-state index contributed by atoms with van der Waals surface area (Å²) in [4.78, 5) is 11.9. The summed E-state index contributed by atoms with van der Waals surface area (Å²) < 4.78 is 2.11. The lowest BCUT2D eigenvalue weighted by atomic mass is 10.1. The standard InChI is InChI=1S/C18H16ClNO/c1-12-6-5-8-15-16(13(2)21)11-20(18(12)15)10-14-7-3-4-9-17(14)19/h3-9,11H,10H2,1-2H3. The second kappa shape index (κ2) is 5.38. The number of aromatic nitrogens is 1. The predicted octanol–water partition coefficient (Wildman–Crippen LogP) is 4.85. The van der Waals surface area contributed by atoms with E-state index in [4.69, 9.17) is 11.6 Å². The van der Waals surface area contributed by atoms with Crippen LogP contribution in [0.5, 0.6) is 0 Å². The van der Waals surface area contributed by atoms with Gasteiger partial charge in [0.2, 0.25) is 0 Å². The number of hydrogen-bond donors (Lipinski definition) is 0. The van der Waals surface area contributed by atoms with Crippen molar-refractivity contribution in [1.82, 2.24) is 4.57 Å². The van der Waals surface area contributed by atoms with Crippen molar-refractivity contribution in [2.45, 2.75) is 20.4 Å². The zero-order chi connectivity index (χ0) is 15.0. The number of nitrogens with zero attached hydrogens (tertiary/aromatic N) is 1. The van der Waals surface area contributed by atoms with E-state index in [2.05, 4.69) is 17.6 Å². The van der Waals surface area contributed by atoms with Gasteiger partial charge in [0.25, 0.3) is 0 Å². The number of hydrogen-bond acceptors (Lipinski definition) is 1. The van der Waals surface area contributed by atoms with Crippen LogP contribution in [0, 0.1) is 6.92 Å². The molecule has 3 rings (SSSR count). The Labute approximate surface area is 129 Å². The van der Waals surface area contributed by atoms with Crippen molar-refractivity contribution in [3.63, 3.8) is 0 Å². The zero-order valence-electron chi connectivity index (χ0n) is 12.1. The Morgan fingerprint density at radius 2 is 1.90 bits per heavy atom. The fourth-order valence-electron chi connectivity index (χ4n) is 2.76. The number of ketones is 1. The number of benzene rings is 2. The third-order valence-corrected chi connectivity index (χ3v) is 4.15. The highest BCUT2D eigenvalue weighted by Gasteiger charge is 2.14. The lowest BCUT2D eigenvalue weighted by Gasteiger charge is -2.09. The van der Waals surface area contributed by atoms with Gasteiger partial charge < -0.3 is 4.57 Å². The lowest BCUT2D eigenvalue weighted by molar-refractivity contribution is 0.101. The first-order valence-corrected chi connectivity index (χ1v) is 7.28. The molecule has 3 aromatic rings. The van der Waals surface area contributed by atoms with Crippen LogP contribution in [0.25, 0.3) is 10.9 Å². The molecule has 0 aliphatic heterocycles. The number of carbonyl (C=O) groups is 1. The first kappa shape index (κ1) is 13.9. The topological polar surface area (TPSA) is 22.0 Å². The van der Waals surface area contributed by atoms with Crippen molar-refractivity contribution in [2.75, 3.05) is 0 Å². The van der Waals surface area contributed by atoms with Gasteiger partial charge in [-0.1, -0.05) is 48.0 Å². The molecule has 21 heavy (non-hydrogen) atoms. The van der Waals surface area contributed by atoms with E-state index in [1.807, 2.05) is 42.6 Å². The minimum absolute atomic E-state index is 0.0866. The van der Waals surface area contributed by atoms with Crippen molar-refractivity contribution >= 4 is 28.3 Å². The fourth-order valence-corrected chi connectivity index (χ4v) is 2.96. The molecule has 0 spiro atoms. The molecule has 0 saturated carbocycles. The fraction of sp³-hybridized carbons (Fsp3) is 0.167. The van der Waals surface area contributed by atoms with Gasteiger partial charge in [-0.05, 0) is 31.0 Å². The zero-order valence-corrected chi connectivity index (χ0v) is 12.8. The Balaban J connectivity index is 2.19. The molecule has 2 aromatic carbocycles. The summed E-state index contributed by atoms with van der Waals surface area (Å²) in [6.07, 6.45) is 1.93. The van der Waals surface area contributed by atoms with Crippen LogP contribution in [0.1, 0.15) is 28.4 Å². The van der Waals surface area contributed by atoms with Crippen LogP contribution in [-0.4, -0.2) is 10.4 Å². The number of Topliss-reactive ketones (excluding diaryl/α,β-unsaturated/α-hetero) is 1. The average molecular weight is 298 g/mol. The highest BCUT2D eigenvalue weighted by atomic mass is 35.5. The molecule has 2 nitrogen and oxygen atoms in total. The minimum atomic E-state index is 0.0866. The van der Waals surface area contributed by atoms with E-state index >= 15 is 0 Å². The van der Waals surface area contributed by atoms with Gasteiger partial charge in [0.15, 0.2) is 5.78 Å². The summed E-state index contributed by atoms with van der Waals surface area (Å²) in [7, 11) is 0. The molecular formula is C18H16ClNO.